The van der Waals surface area contributed by atoms with Gasteiger partial charge in [-0.1, -0.05) is 6.07 Å². The lowest BCUT2D eigenvalue weighted by atomic mass is 10.2. The molecule has 0 spiro atoms. The van der Waals surface area contributed by atoms with Crippen LogP contribution in [0.4, 0.5) is 20.6 Å². The number of rotatable bonds is 6. The number of hydrogen-bond donors (Lipinski definition) is 1. The molecule has 0 radical (unpaired) electrons. The van der Waals surface area contributed by atoms with E-state index in [0.717, 1.165) is 32.7 Å². The highest BCUT2D eigenvalue weighted by Crippen LogP contribution is 2.28. The molecule has 2 fully saturated rings. The zero-order valence-electron chi connectivity index (χ0n) is 16.8. The van der Waals surface area contributed by atoms with Crippen molar-refractivity contribution in [3.8, 4) is 0 Å². The van der Waals surface area contributed by atoms with Gasteiger partial charge in [0.25, 0.3) is 0 Å². The van der Waals surface area contributed by atoms with Crippen molar-refractivity contribution in [2.45, 2.75) is 19.6 Å². The lowest BCUT2D eigenvalue weighted by Gasteiger charge is -2.36. The summed E-state index contributed by atoms with van der Waals surface area (Å²) >= 11 is 1.76. The van der Waals surface area contributed by atoms with Crippen LogP contribution in [-0.4, -0.2) is 62.3 Å². The number of anilines is 2. The van der Waals surface area contributed by atoms with Crippen molar-refractivity contribution in [1.82, 2.24) is 10.2 Å². The van der Waals surface area contributed by atoms with E-state index in [2.05, 4.69) is 27.7 Å². The molecule has 0 saturated carbocycles. The molecular formula is C21H25FN4O3S. The largest absolute Gasteiger partial charge is 0.442 e. The number of carbonyl (C=O) groups excluding carboxylic acids is 2. The molecule has 1 atom stereocenters. The number of cyclic esters (lactones) is 1. The lowest BCUT2D eigenvalue weighted by molar-refractivity contribution is -0.119. The predicted molar refractivity (Wildman–Crippen MR) is 115 cm³/mol. The van der Waals surface area contributed by atoms with Crippen LogP contribution in [0.15, 0.2) is 35.7 Å². The summed E-state index contributed by atoms with van der Waals surface area (Å²) in [5.41, 5.74) is 1.01. The molecule has 3 heterocycles. The molecule has 160 valence electrons. The van der Waals surface area contributed by atoms with Gasteiger partial charge in [-0.25, -0.2) is 9.18 Å². The molecule has 2 aliphatic rings. The van der Waals surface area contributed by atoms with Crippen LogP contribution in [0.3, 0.4) is 0 Å². The Morgan fingerprint density at radius 1 is 1.27 bits per heavy atom. The Bertz CT molecular complexity index is 900. The molecule has 1 aromatic heterocycles. The molecule has 1 unspecified atom stereocenters. The second-order valence-corrected chi connectivity index (χ2v) is 8.56. The third-order valence-electron chi connectivity index (χ3n) is 5.37. The fourth-order valence-corrected chi connectivity index (χ4v) is 4.53. The number of nitrogens with zero attached hydrogens (tertiary/aromatic N) is 3. The zero-order chi connectivity index (χ0) is 21.1. The maximum Gasteiger partial charge on any atom is 0.414 e. The molecule has 2 saturated heterocycles. The summed E-state index contributed by atoms with van der Waals surface area (Å²) < 4.78 is 20.1. The second-order valence-electron chi connectivity index (χ2n) is 7.53. The van der Waals surface area contributed by atoms with Crippen LogP contribution in [0.1, 0.15) is 11.8 Å². The molecular weight excluding hydrogens is 407 g/mol. The number of halogens is 1. The first-order chi connectivity index (χ1) is 14.5. The van der Waals surface area contributed by atoms with Gasteiger partial charge in [-0.15, -0.1) is 11.3 Å². The first kappa shape index (κ1) is 20.6. The molecule has 7 nitrogen and oxygen atoms in total. The summed E-state index contributed by atoms with van der Waals surface area (Å²) in [6.07, 6.45) is -0.972. The van der Waals surface area contributed by atoms with E-state index < -0.39 is 12.2 Å². The molecule has 2 amide bonds. The van der Waals surface area contributed by atoms with Gasteiger partial charge >= 0.3 is 6.09 Å². The van der Waals surface area contributed by atoms with E-state index in [-0.39, 0.29) is 24.8 Å². The Morgan fingerprint density at radius 2 is 2.07 bits per heavy atom. The van der Waals surface area contributed by atoms with Gasteiger partial charge in [0.2, 0.25) is 5.91 Å². The molecule has 2 aromatic rings. The Kier molecular flexibility index (Phi) is 6.19. The summed E-state index contributed by atoms with van der Waals surface area (Å²) in [4.78, 5) is 30.4. The highest BCUT2D eigenvalue weighted by Gasteiger charge is 2.33. The van der Waals surface area contributed by atoms with Crippen LogP contribution in [-0.2, 0) is 16.1 Å². The van der Waals surface area contributed by atoms with E-state index in [0.29, 0.717) is 11.4 Å². The number of amides is 2. The first-order valence-electron chi connectivity index (χ1n) is 10.0. The first-order valence-corrected chi connectivity index (χ1v) is 10.9. The maximum absolute atomic E-state index is 14.9. The molecule has 2 aliphatic heterocycles. The van der Waals surface area contributed by atoms with Crippen molar-refractivity contribution >= 4 is 34.7 Å². The minimum absolute atomic E-state index is 0.185. The lowest BCUT2D eigenvalue weighted by Crippen LogP contribution is -2.46. The van der Waals surface area contributed by atoms with Crippen molar-refractivity contribution in [3.05, 3.63) is 46.4 Å². The Labute approximate surface area is 179 Å². The molecule has 30 heavy (non-hydrogen) atoms. The van der Waals surface area contributed by atoms with E-state index in [4.69, 9.17) is 4.74 Å². The SMILES string of the molecule is CC(=O)NCC1CN(c2ccc(N3CCN(Cc4cccs4)CC3)c(F)c2)C(=O)O1. The maximum atomic E-state index is 14.9. The molecule has 1 aromatic carbocycles. The molecule has 0 aliphatic carbocycles. The third-order valence-corrected chi connectivity index (χ3v) is 6.23. The third kappa shape index (κ3) is 4.73. The smallest absolute Gasteiger partial charge is 0.414 e. The van der Waals surface area contributed by atoms with Gasteiger partial charge in [-0.3, -0.25) is 14.6 Å². The number of nitrogens with one attached hydrogen (secondary N) is 1. The van der Waals surface area contributed by atoms with Crippen molar-refractivity contribution in [1.29, 1.82) is 0 Å². The topological polar surface area (TPSA) is 65.1 Å². The summed E-state index contributed by atoms with van der Waals surface area (Å²) in [5.74, 6) is -0.535. The number of carbonyl (C=O) groups is 2. The van der Waals surface area contributed by atoms with Crippen molar-refractivity contribution in [2.24, 2.45) is 0 Å². The molecule has 9 heteroatoms. The van der Waals surface area contributed by atoms with Crippen LogP contribution >= 0.6 is 11.3 Å². The van der Waals surface area contributed by atoms with Crippen molar-refractivity contribution in [3.63, 3.8) is 0 Å². The number of piperazine rings is 1. The highest BCUT2D eigenvalue weighted by molar-refractivity contribution is 7.09. The summed E-state index contributed by atoms with van der Waals surface area (Å²) in [6, 6.07) is 9.06. The summed E-state index contributed by atoms with van der Waals surface area (Å²) in [5, 5.41) is 4.72. The monoisotopic (exact) mass is 432 g/mol. The quantitative estimate of drug-likeness (QED) is 0.760. The van der Waals surface area contributed by atoms with E-state index in [1.165, 1.54) is 22.8 Å². The van der Waals surface area contributed by atoms with Crippen LogP contribution in [0.2, 0.25) is 0 Å². The Hall–Kier alpha value is -2.65. The van der Waals surface area contributed by atoms with E-state index >= 15 is 0 Å². The van der Waals surface area contributed by atoms with Gasteiger partial charge in [0.15, 0.2) is 0 Å². The van der Waals surface area contributed by atoms with Crippen LogP contribution < -0.4 is 15.1 Å². The van der Waals surface area contributed by atoms with Gasteiger partial charge < -0.3 is 15.0 Å². The molecule has 1 N–H and O–H groups in total. The van der Waals surface area contributed by atoms with Gasteiger partial charge in [-0.05, 0) is 29.6 Å². The van der Waals surface area contributed by atoms with Crippen molar-refractivity contribution < 1.29 is 18.7 Å². The number of benzene rings is 1. The zero-order valence-corrected chi connectivity index (χ0v) is 17.7. The number of thiophene rings is 1. The minimum Gasteiger partial charge on any atom is -0.442 e. The number of ether oxygens (including phenoxy) is 1. The molecule has 4 rings (SSSR count). The van der Waals surface area contributed by atoms with Gasteiger partial charge in [0, 0.05) is 44.5 Å². The normalized spacial score (nSPS) is 19.8. The van der Waals surface area contributed by atoms with E-state index in [1.807, 2.05) is 4.90 Å². The fourth-order valence-electron chi connectivity index (χ4n) is 3.79. The van der Waals surface area contributed by atoms with E-state index in [1.54, 1.807) is 23.5 Å². The van der Waals surface area contributed by atoms with Gasteiger partial charge in [0.05, 0.1) is 24.5 Å². The second kappa shape index (κ2) is 9.01. The van der Waals surface area contributed by atoms with Gasteiger partial charge in [0.1, 0.15) is 11.9 Å². The average Bonchev–Trinajstić information content (AvgIpc) is 3.36. The van der Waals surface area contributed by atoms with Crippen molar-refractivity contribution in [2.75, 3.05) is 49.1 Å². The van der Waals surface area contributed by atoms with Gasteiger partial charge in [-0.2, -0.15) is 0 Å². The predicted octanol–water partition coefficient (Wildman–Crippen LogP) is 2.67. The molecule has 0 bridgehead atoms. The van der Waals surface area contributed by atoms with Crippen LogP contribution in [0.25, 0.3) is 0 Å². The number of hydrogen-bond acceptors (Lipinski definition) is 6. The van der Waals surface area contributed by atoms with Crippen LogP contribution in [0.5, 0.6) is 0 Å². The standard InChI is InChI=1S/C21H25FN4O3S/c1-15(27)23-12-17-13-26(21(28)29-17)16-4-5-20(19(22)11-16)25-8-6-24(7-9-25)14-18-3-2-10-30-18/h2-5,10-11,17H,6-9,12-14H2,1H3,(H,23,27). The van der Waals surface area contributed by atoms with E-state index in [9.17, 15) is 14.0 Å². The average molecular weight is 433 g/mol. The van der Waals surface area contributed by atoms with Crippen LogP contribution in [0, 0.1) is 5.82 Å². The Morgan fingerprint density at radius 3 is 2.73 bits per heavy atom. The summed E-state index contributed by atoms with van der Waals surface area (Å²) in [7, 11) is 0. The Balaban J connectivity index is 1.35. The minimum atomic E-state index is -0.528. The summed E-state index contributed by atoms with van der Waals surface area (Å²) in [6.45, 7) is 6.13. The fraction of sp³-hybridized carbons (Fsp3) is 0.429. The highest BCUT2D eigenvalue weighted by atomic mass is 32.1.